The number of benzene rings is 1. The zero-order valence-electron chi connectivity index (χ0n) is 17.1. The number of morpholine rings is 1. The van der Waals surface area contributed by atoms with Crippen molar-refractivity contribution in [1.82, 2.24) is 10.2 Å². The maximum Gasteiger partial charge on any atom is 0.260 e. The molecule has 3 heterocycles. The minimum Gasteiger partial charge on any atom is -0.484 e. The Morgan fingerprint density at radius 3 is 2.61 bits per heavy atom. The molecular formula is C22H25N3O6. The highest BCUT2D eigenvalue weighted by Gasteiger charge is 2.35. The first-order chi connectivity index (χ1) is 15.1. The van der Waals surface area contributed by atoms with E-state index in [1.165, 1.54) is 0 Å². The van der Waals surface area contributed by atoms with Crippen LogP contribution in [0, 0.1) is 5.92 Å². The predicted molar refractivity (Wildman–Crippen MR) is 110 cm³/mol. The van der Waals surface area contributed by atoms with Crippen LogP contribution in [0.15, 0.2) is 47.1 Å². The van der Waals surface area contributed by atoms with Gasteiger partial charge < -0.3 is 29.0 Å². The fourth-order valence-electron chi connectivity index (χ4n) is 3.64. The number of nitrogens with zero attached hydrogens (tertiary/aromatic N) is 2. The Balaban J connectivity index is 1.27. The fourth-order valence-corrected chi connectivity index (χ4v) is 3.64. The maximum absolute atomic E-state index is 12.4. The van der Waals surface area contributed by atoms with E-state index in [1.807, 2.05) is 0 Å². The summed E-state index contributed by atoms with van der Waals surface area (Å²) in [6.45, 7) is 2.82. The van der Waals surface area contributed by atoms with Crippen molar-refractivity contribution in [3.8, 4) is 5.75 Å². The van der Waals surface area contributed by atoms with Crippen molar-refractivity contribution in [2.45, 2.75) is 13.0 Å². The Morgan fingerprint density at radius 2 is 1.90 bits per heavy atom. The lowest BCUT2D eigenvalue weighted by Crippen LogP contribution is -2.42. The van der Waals surface area contributed by atoms with Crippen LogP contribution in [0.25, 0.3) is 0 Å². The highest BCUT2D eigenvalue weighted by Crippen LogP contribution is 2.27. The molecule has 0 spiro atoms. The molecule has 1 aromatic heterocycles. The van der Waals surface area contributed by atoms with Gasteiger partial charge in [0.05, 0.1) is 31.9 Å². The maximum atomic E-state index is 12.4. The number of carbonyl (C=O) groups excluding carboxylic acids is 3. The van der Waals surface area contributed by atoms with Crippen LogP contribution in [-0.4, -0.2) is 62.1 Å². The summed E-state index contributed by atoms with van der Waals surface area (Å²) in [5.74, 6) is 0.445. The summed E-state index contributed by atoms with van der Waals surface area (Å²) in [4.78, 5) is 40.3. The summed E-state index contributed by atoms with van der Waals surface area (Å²) in [6.07, 6.45) is 1.71. The number of furan rings is 1. The summed E-state index contributed by atoms with van der Waals surface area (Å²) in [6, 6.07) is 10.5. The van der Waals surface area contributed by atoms with Gasteiger partial charge in [-0.1, -0.05) is 0 Å². The van der Waals surface area contributed by atoms with Crippen molar-refractivity contribution >= 4 is 23.4 Å². The van der Waals surface area contributed by atoms with Crippen LogP contribution < -0.4 is 15.0 Å². The topological polar surface area (TPSA) is 101 Å². The van der Waals surface area contributed by atoms with E-state index in [-0.39, 0.29) is 30.7 Å². The van der Waals surface area contributed by atoms with Crippen LogP contribution in [0.2, 0.25) is 0 Å². The Morgan fingerprint density at radius 1 is 1.13 bits per heavy atom. The van der Waals surface area contributed by atoms with E-state index < -0.39 is 5.92 Å². The van der Waals surface area contributed by atoms with Gasteiger partial charge in [-0.3, -0.25) is 14.4 Å². The first-order valence-corrected chi connectivity index (χ1v) is 10.3. The second-order valence-electron chi connectivity index (χ2n) is 7.48. The number of nitrogens with one attached hydrogen (secondary N) is 1. The van der Waals surface area contributed by atoms with Gasteiger partial charge in [0.15, 0.2) is 6.61 Å². The summed E-state index contributed by atoms with van der Waals surface area (Å²) >= 11 is 0. The third-order valence-electron chi connectivity index (χ3n) is 5.39. The summed E-state index contributed by atoms with van der Waals surface area (Å²) in [5, 5.41) is 2.81. The van der Waals surface area contributed by atoms with Crippen molar-refractivity contribution in [2.24, 2.45) is 5.92 Å². The number of hydrogen-bond donors (Lipinski definition) is 1. The lowest BCUT2D eigenvalue weighted by atomic mass is 10.1. The van der Waals surface area contributed by atoms with Crippen LogP contribution in [0.1, 0.15) is 12.2 Å². The number of carbonyl (C=O) groups is 3. The first kappa shape index (κ1) is 20.9. The van der Waals surface area contributed by atoms with E-state index >= 15 is 0 Å². The molecule has 2 aliphatic heterocycles. The standard InChI is InChI=1S/C22H25N3O6/c26-20-12-16(22(28)23-13-19-2-1-9-30-19)14-25(20)17-3-5-18(6-4-17)31-15-21(27)24-7-10-29-11-8-24/h1-6,9,16H,7-8,10-15H2,(H,23,28)/t16-/m0/s1. The Kier molecular flexibility index (Phi) is 6.51. The minimum atomic E-state index is -0.412. The van der Waals surface area contributed by atoms with E-state index in [2.05, 4.69) is 5.32 Å². The van der Waals surface area contributed by atoms with Gasteiger partial charge in [-0.05, 0) is 36.4 Å². The van der Waals surface area contributed by atoms with Gasteiger partial charge >= 0.3 is 0 Å². The molecule has 0 bridgehead atoms. The minimum absolute atomic E-state index is 0.0418. The molecule has 0 unspecified atom stereocenters. The van der Waals surface area contributed by atoms with E-state index in [0.717, 1.165) is 0 Å². The largest absolute Gasteiger partial charge is 0.484 e. The van der Waals surface area contributed by atoms with Crippen LogP contribution in [0.3, 0.4) is 0 Å². The molecule has 0 saturated carbocycles. The lowest BCUT2D eigenvalue weighted by molar-refractivity contribution is -0.137. The molecule has 2 fully saturated rings. The van der Waals surface area contributed by atoms with Gasteiger partial charge in [0, 0.05) is 31.7 Å². The van der Waals surface area contributed by atoms with Crippen molar-refractivity contribution in [2.75, 3.05) is 44.4 Å². The molecule has 1 N–H and O–H groups in total. The Hall–Kier alpha value is -3.33. The average Bonchev–Trinajstić information content (AvgIpc) is 3.46. The smallest absolute Gasteiger partial charge is 0.260 e. The summed E-state index contributed by atoms with van der Waals surface area (Å²) in [7, 11) is 0. The molecule has 1 atom stereocenters. The van der Waals surface area contributed by atoms with Crippen molar-refractivity contribution in [3.63, 3.8) is 0 Å². The fraction of sp³-hybridized carbons (Fsp3) is 0.409. The van der Waals surface area contributed by atoms with E-state index in [9.17, 15) is 14.4 Å². The normalized spacial score (nSPS) is 18.8. The molecular weight excluding hydrogens is 402 g/mol. The number of ether oxygens (including phenoxy) is 2. The molecule has 0 radical (unpaired) electrons. The van der Waals surface area contributed by atoms with Gasteiger partial charge in [0.1, 0.15) is 11.5 Å². The summed E-state index contributed by atoms with van der Waals surface area (Å²) in [5.41, 5.74) is 0.693. The zero-order valence-corrected chi connectivity index (χ0v) is 17.1. The molecule has 31 heavy (non-hydrogen) atoms. The Bertz CT molecular complexity index is 906. The van der Waals surface area contributed by atoms with Crippen LogP contribution in [-0.2, 0) is 25.7 Å². The highest BCUT2D eigenvalue weighted by molar-refractivity contribution is 6.00. The number of rotatable bonds is 7. The van der Waals surface area contributed by atoms with Crippen LogP contribution >= 0.6 is 0 Å². The number of anilines is 1. The quantitative estimate of drug-likeness (QED) is 0.712. The van der Waals surface area contributed by atoms with Crippen molar-refractivity contribution in [3.05, 3.63) is 48.4 Å². The average molecular weight is 427 g/mol. The van der Waals surface area contributed by atoms with Gasteiger partial charge in [-0.2, -0.15) is 0 Å². The predicted octanol–water partition coefficient (Wildman–Crippen LogP) is 1.19. The second-order valence-corrected chi connectivity index (χ2v) is 7.48. The van der Waals surface area contributed by atoms with Crippen LogP contribution in [0.4, 0.5) is 5.69 Å². The number of amides is 3. The monoisotopic (exact) mass is 427 g/mol. The highest BCUT2D eigenvalue weighted by atomic mass is 16.5. The SMILES string of the molecule is O=C(NCc1ccco1)[C@H]1CC(=O)N(c2ccc(OCC(=O)N3CCOCC3)cc2)C1. The molecule has 2 aliphatic rings. The van der Waals surface area contributed by atoms with Gasteiger partial charge in [0.25, 0.3) is 5.91 Å². The lowest BCUT2D eigenvalue weighted by Gasteiger charge is -2.26. The molecule has 2 saturated heterocycles. The molecule has 3 amide bonds. The van der Waals surface area contributed by atoms with E-state index in [4.69, 9.17) is 13.9 Å². The van der Waals surface area contributed by atoms with E-state index in [0.29, 0.717) is 56.6 Å². The zero-order chi connectivity index (χ0) is 21.6. The Labute approximate surface area is 179 Å². The first-order valence-electron chi connectivity index (χ1n) is 10.3. The van der Waals surface area contributed by atoms with E-state index in [1.54, 1.807) is 52.5 Å². The molecule has 9 nitrogen and oxygen atoms in total. The molecule has 164 valence electrons. The molecule has 0 aliphatic carbocycles. The van der Waals surface area contributed by atoms with Crippen LogP contribution in [0.5, 0.6) is 5.75 Å². The van der Waals surface area contributed by atoms with Gasteiger partial charge in [-0.25, -0.2) is 0 Å². The van der Waals surface area contributed by atoms with Crippen molar-refractivity contribution in [1.29, 1.82) is 0 Å². The molecule has 1 aromatic carbocycles. The molecule has 4 rings (SSSR count). The second kappa shape index (κ2) is 9.65. The third kappa shape index (κ3) is 5.24. The van der Waals surface area contributed by atoms with Gasteiger partial charge in [-0.15, -0.1) is 0 Å². The summed E-state index contributed by atoms with van der Waals surface area (Å²) < 4.78 is 16.0. The van der Waals surface area contributed by atoms with Crippen molar-refractivity contribution < 1.29 is 28.3 Å². The van der Waals surface area contributed by atoms with Gasteiger partial charge in [0.2, 0.25) is 11.8 Å². The molecule has 2 aromatic rings. The number of hydrogen-bond acceptors (Lipinski definition) is 6. The molecule has 9 heteroatoms. The third-order valence-corrected chi connectivity index (χ3v) is 5.39.